The molecule has 0 saturated carbocycles. The number of benzene rings is 2. The largest absolute Gasteiger partial charge is 0.257 e. The topological polar surface area (TPSA) is 48.5 Å². The molecule has 0 spiro atoms. The van der Waals surface area contributed by atoms with Crippen LogP contribution in [-0.2, 0) is 0 Å². The highest BCUT2D eigenvalue weighted by Gasteiger charge is 2.20. The van der Waals surface area contributed by atoms with Gasteiger partial charge in [0.15, 0.2) is 6.17 Å². The zero-order chi connectivity index (χ0) is 19.5. The van der Waals surface area contributed by atoms with Gasteiger partial charge in [-0.15, -0.1) is 0 Å². The van der Waals surface area contributed by atoms with E-state index in [9.17, 15) is 0 Å². The van der Waals surface area contributed by atoms with E-state index in [1.54, 1.807) is 6.20 Å². The normalized spacial score (nSPS) is 11.1. The zero-order valence-electron chi connectivity index (χ0n) is 15.7. The number of hydrogen-bond acceptors (Lipinski definition) is 3. The predicted molar refractivity (Wildman–Crippen MR) is 113 cm³/mol. The predicted octanol–water partition coefficient (Wildman–Crippen LogP) is 4.90. The maximum Gasteiger partial charge on any atom is 0.185 e. The van der Waals surface area contributed by atoms with Gasteiger partial charge in [0, 0.05) is 29.7 Å². The van der Waals surface area contributed by atoms with Gasteiger partial charge in [0.05, 0.1) is 17.1 Å². The van der Waals surface area contributed by atoms with Crippen LogP contribution in [0.4, 0.5) is 0 Å². The molecule has 0 amide bonds. The van der Waals surface area contributed by atoms with Crippen molar-refractivity contribution in [3.8, 4) is 22.5 Å². The van der Waals surface area contributed by atoms with Gasteiger partial charge in [-0.2, -0.15) is 10.2 Å². The van der Waals surface area contributed by atoms with E-state index in [1.165, 1.54) is 0 Å². The summed E-state index contributed by atoms with van der Waals surface area (Å²) in [6, 6.07) is 30.3. The third-order valence-electron chi connectivity index (χ3n) is 4.81. The number of nitrogens with zero attached hydrogens (tertiary/aromatic N) is 5. The van der Waals surface area contributed by atoms with Crippen LogP contribution in [0.5, 0.6) is 0 Å². The van der Waals surface area contributed by atoms with Crippen LogP contribution in [-0.4, -0.2) is 24.5 Å². The lowest BCUT2D eigenvalue weighted by molar-refractivity contribution is 0.411. The van der Waals surface area contributed by atoms with E-state index in [0.717, 1.165) is 28.2 Å². The minimum Gasteiger partial charge on any atom is -0.257 e. The van der Waals surface area contributed by atoms with Gasteiger partial charge in [-0.25, -0.2) is 9.36 Å². The second kappa shape index (κ2) is 7.56. The van der Waals surface area contributed by atoms with Crippen molar-refractivity contribution in [1.29, 1.82) is 0 Å². The van der Waals surface area contributed by atoms with Crippen LogP contribution in [0, 0.1) is 0 Å². The molecule has 3 aromatic heterocycles. The Balaban J connectivity index is 1.57. The van der Waals surface area contributed by atoms with Crippen molar-refractivity contribution in [1.82, 2.24) is 24.5 Å². The number of rotatable bonds is 5. The first kappa shape index (κ1) is 17.1. The summed E-state index contributed by atoms with van der Waals surface area (Å²) in [5.41, 5.74) is 4.87. The van der Waals surface area contributed by atoms with E-state index in [1.807, 2.05) is 88.5 Å². The van der Waals surface area contributed by atoms with Crippen molar-refractivity contribution in [3.63, 3.8) is 0 Å². The lowest BCUT2D eigenvalue weighted by Crippen LogP contribution is -2.21. The Morgan fingerprint density at radius 3 is 1.55 bits per heavy atom. The van der Waals surface area contributed by atoms with E-state index >= 15 is 0 Å². The summed E-state index contributed by atoms with van der Waals surface area (Å²) in [4.78, 5) is 4.57. The molecular weight excluding hydrogens is 358 g/mol. The Morgan fingerprint density at radius 2 is 1.07 bits per heavy atom. The van der Waals surface area contributed by atoms with Crippen molar-refractivity contribution in [2.45, 2.75) is 6.17 Å². The van der Waals surface area contributed by atoms with Crippen LogP contribution >= 0.6 is 0 Å². The van der Waals surface area contributed by atoms with Crippen molar-refractivity contribution in [2.75, 3.05) is 0 Å². The Bertz CT molecular complexity index is 1120. The second-order valence-electron chi connectivity index (χ2n) is 6.72. The van der Waals surface area contributed by atoms with Gasteiger partial charge >= 0.3 is 0 Å². The third kappa shape index (κ3) is 3.46. The monoisotopic (exact) mass is 377 g/mol. The number of aromatic nitrogens is 5. The minimum atomic E-state index is -0.272. The highest BCUT2D eigenvalue weighted by Crippen LogP contribution is 2.24. The number of pyridine rings is 1. The molecule has 0 bridgehead atoms. The lowest BCUT2D eigenvalue weighted by Gasteiger charge is -2.18. The van der Waals surface area contributed by atoms with E-state index in [2.05, 4.69) is 29.2 Å². The first-order valence-corrected chi connectivity index (χ1v) is 9.50. The average molecular weight is 377 g/mol. The molecule has 5 heteroatoms. The maximum absolute atomic E-state index is 4.83. The minimum absolute atomic E-state index is 0.272. The van der Waals surface area contributed by atoms with Gasteiger partial charge in [-0.1, -0.05) is 66.7 Å². The first-order chi connectivity index (χ1) is 14.4. The molecule has 0 aliphatic carbocycles. The van der Waals surface area contributed by atoms with Gasteiger partial charge in [-0.3, -0.25) is 4.98 Å². The summed E-state index contributed by atoms with van der Waals surface area (Å²) in [6.07, 6.45) is 5.48. The molecule has 29 heavy (non-hydrogen) atoms. The summed E-state index contributed by atoms with van der Waals surface area (Å²) >= 11 is 0. The molecule has 2 aromatic carbocycles. The van der Waals surface area contributed by atoms with Gasteiger partial charge in [0.25, 0.3) is 0 Å². The quantitative estimate of drug-likeness (QED) is 0.437. The van der Waals surface area contributed by atoms with Crippen LogP contribution in [0.1, 0.15) is 11.9 Å². The number of hydrogen-bond donors (Lipinski definition) is 0. The van der Waals surface area contributed by atoms with E-state index in [-0.39, 0.29) is 6.17 Å². The lowest BCUT2D eigenvalue weighted by atomic mass is 10.2. The summed E-state index contributed by atoms with van der Waals surface area (Å²) in [6.45, 7) is 0. The fourth-order valence-corrected chi connectivity index (χ4v) is 3.40. The van der Waals surface area contributed by atoms with Crippen LogP contribution in [0.15, 0.2) is 110 Å². The van der Waals surface area contributed by atoms with E-state index in [0.29, 0.717) is 0 Å². The van der Waals surface area contributed by atoms with E-state index in [4.69, 9.17) is 10.2 Å². The van der Waals surface area contributed by atoms with Gasteiger partial charge < -0.3 is 0 Å². The molecule has 0 aliphatic rings. The fourth-order valence-electron chi connectivity index (χ4n) is 3.40. The second-order valence-corrected chi connectivity index (χ2v) is 6.72. The summed E-state index contributed by atoms with van der Waals surface area (Å²) in [7, 11) is 0. The molecule has 140 valence electrons. The third-order valence-corrected chi connectivity index (χ3v) is 4.81. The molecule has 3 heterocycles. The molecule has 5 aromatic rings. The van der Waals surface area contributed by atoms with Gasteiger partial charge in [0.2, 0.25) is 0 Å². The van der Waals surface area contributed by atoms with Crippen LogP contribution in [0.2, 0.25) is 0 Å². The molecule has 0 atom stereocenters. The highest BCUT2D eigenvalue weighted by molar-refractivity contribution is 5.59. The summed E-state index contributed by atoms with van der Waals surface area (Å²) in [5.74, 6) is 0. The Morgan fingerprint density at radius 1 is 0.552 bits per heavy atom. The van der Waals surface area contributed by atoms with Crippen molar-refractivity contribution >= 4 is 0 Å². The van der Waals surface area contributed by atoms with Crippen LogP contribution < -0.4 is 0 Å². The molecule has 5 rings (SSSR count). The Labute approximate surface area is 168 Å². The SMILES string of the molecule is c1ccc(-c2ccn(C(c3ccccn3)n3ccc(-c4ccccc4)n3)n2)cc1. The van der Waals surface area contributed by atoms with E-state index < -0.39 is 0 Å². The zero-order valence-corrected chi connectivity index (χ0v) is 15.7. The maximum atomic E-state index is 4.83. The van der Waals surface area contributed by atoms with Crippen molar-refractivity contribution in [2.24, 2.45) is 0 Å². The van der Waals surface area contributed by atoms with Crippen molar-refractivity contribution < 1.29 is 0 Å². The molecule has 5 nitrogen and oxygen atoms in total. The molecule has 0 aliphatic heterocycles. The van der Waals surface area contributed by atoms with Crippen LogP contribution in [0.3, 0.4) is 0 Å². The molecular formula is C24H19N5. The summed E-state index contributed by atoms with van der Waals surface area (Å²) < 4.78 is 3.82. The summed E-state index contributed by atoms with van der Waals surface area (Å²) in [5, 5.41) is 9.66. The Hall–Kier alpha value is -3.99. The highest BCUT2D eigenvalue weighted by atomic mass is 15.4. The molecule has 0 N–H and O–H groups in total. The van der Waals surface area contributed by atoms with Gasteiger partial charge in [-0.05, 0) is 24.3 Å². The van der Waals surface area contributed by atoms with Gasteiger partial charge in [0.1, 0.15) is 0 Å². The van der Waals surface area contributed by atoms with Crippen molar-refractivity contribution in [3.05, 3.63) is 115 Å². The molecule has 0 unspecified atom stereocenters. The first-order valence-electron chi connectivity index (χ1n) is 9.50. The van der Waals surface area contributed by atoms with Crippen LogP contribution in [0.25, 0.3) is 22.5 Å². The Kier molecular flexibility index (Phi) is 4.47. The fraction of sp³-hybridized carbons (Fsp3) is 0.0417. The molecule has 0 fully saturated rings. The average Bonchev–Trinajstić information content (AvgIpc) is 3.47. The standard InChI is InChI=1S/C24H19N5/c1-3-9-19(10-4-1)21-14-17-28(26-21)24(23-13-7-8-16-25-23)29-18-15-22(27-29)20-11-5-2-6-12-20/h1-18,24H. The molecule has 0 saturated heterocycles. The smallest absolute Gasteiger partial charge is 0.185 e. The molecule has 0 radical (unpaired) electrons.